The SMILES string of the molecule is CCc1ccc(C(=O)NNC(=O)c2ccn(-c3ccccc3Cl)n2)cc1. The van der Waals surface area contributed by atoms with Gasteiger partial charge in [-0.3, -0.25) is 20.4 Å². The molecule has 0 atom stereocenters. The van der Waals surface area contributed by atoms with E-state index in [0.29, 0.717) is 16.3 Å². The minimum absolute atomic E-state index is 0.159. The van der Waals surface area contributed by atoms with Gasteiger partial charge in [0.15, 0.2) is 5.69 Å². The smallest absolute Gasteiger partial charge is 0.267 e. The van der Waals surface area contributed by atoms with Crippen molar-refractivity contribution in [3.05, 3.63) is 82.6 Å². The summed E-state index contributed by atoms with van der Waals surface area (Å²) < 4.78 is 1.50. The van der Waals surface area contributed by atoms with E-state index in [2.05, 4.69) is 16.0 Å². The summed E-state index contributed by atoms with van der Waals surface area (Å²) in [5.41, 5.74) is 7.16. The van der Waals surface area contributed by atoms with Crippen LogP contribution in [0.3, 0.4) is 0 Å². The van der Waals surface area contributed by atoms with Crippen LogP contribution in [0.2, 0.25) is 5.02 Å². The van der Waals surface area contributed by atoms with Crippen molar-refractivity contribution in [1.29, 1.82) is 0 Å². The Kier molecular flexibility index (Phi) is 5.34. The Morgan fingerprint density at radius 3 is 2.38 bits per heavy atom. The summed E-state index contributed by atoms with van der Waals surface area (Å²) in [6, 6.07) is 15.9. The number of aromatic nitrogens is 2. The van der Waals surface area contributed by atoms with E-state index >= 15 is 0 Å². The van der Waals surface area contributed by atoms with E-state index in [-0.39, 0.29) is 5.69 Å². The largest absolute Gasteiger partial charge is 0.290 e. The van der Waals surface area contributed by atoms with E-state index in [0.717, 1.165) is 12.0 Å². The summed E-state index contributed by atoms with van der Waals surface area (Å²) in [6.07, 6.45) is 2.52. The van der Waals surface area contributed by atoms with Crippen molar-refractivity contribution in [2.45, 2.75) is 13.3 Å². The summed E-state index contributed by atoms with van der Waals surface area (Å²) >= 11 is 6.12. The minimum Gasteiger partial charge on any atom is -0.267 e. The first kappa shape index (κ1) is 17.7. The molecule has 1 heterocycles. The lowest BCUT2D eigenvalue weighted by Crippen LogP contribution is -2.41. The monoisotopic (exact) mass is 368 g/mol. The molecule has 2 aromatic carbocycles. The lowest BCUT2D eigenvalue weighted by atomic mass is 10.1. The van der Waals surface area contributed by atoms with Crippen LogP contribution >= 0.6 is 11.6 Å². The molecule has 1 aromatic heterocycles. The average Bonchev–Trinajstić information content (AvgIpc) is 3.16. The minimum atomic E-state index is -0.519. The fourth-order valence-electron chi connectivity index (χ4n) is 2.36. The Bertz CT molecular complexity index is 935. The van der Waals surface area contributed by atoms with Gasteiger partial charge in [0.05, 0.1) is 10.7 Å². The molecule has 0 unspecified atom stereocenters. The Morgan fingerprint density at radius 2 is 1.69 bits per heavy atom. The van der Waals surface area contributed by atoms with Crippen LogP contribution in [0.5, 0.6) is 0 Å². The Hall–Kier alpha value is -3.12. The zero-order valence-electron chi connectivity index (χ0n) is 14.1. The lowest BCUT2D eigenvalue weighted by molar-refractivity contribution is 0.0843. The second-order valence-electron chi connectivity index (χ2n) is 5.56. The van der Waals surface area contributed by atoms with E-state index in [1.54, 1.807) is 36.5 Å². The second-order valence-corrected chi connectivity index (χ2v) is 5.96. The third-order valence-electron chi connectivity index (χ3n) is 3.83. The third kappa shape index (κ3) is 3.92. The van der Waals surface area contributed by atoms with E-state index in [4.69, 9.17) is 11.6 Å². The first-order valence-corrected chi connectivity index (χ1v) is 8.46. The normalized spacial score (nSPS) is 10.4. The number of halogens is 1. The summed E-state index contributed by atoms with van der Waals surface area (Å²) in [6.45, 7) is 2.04. The highest BCUT2D eigenvalue weighted by Crippen LogP contribution is 2.18. The number of hydrazine groups is 1. The predicted molar refractivity (Wildman–Crippen MR) is 99.3 cm³/mol. The van der Waals surface area contributed by atoms with E-state index in [9.17, 15) is 9.59 Å². The fraction of sp³-hybridized carbons (Fsp3) is 0.105. The van der Waals surface area contributed by atoms with Crippen molar-refractivity contribution in [3.8, 4) is 5.69 Å². The molecular weight excluding hydrogens is 352 g/mol. The fourth-order valence-corrected chi connectivity index (χ4v) is 2.58. The molecular formula is C19H17ClN4O2. The first-order valence-electron chi connectivity index (χ1n) is 8.08. The zero-order valence-corrected chi connectivity index (χ0v) is 14.8. The standard InChI is InChI=1S/C19H17ClN4O2/c1-2-13-7-9-14(10-8-13)18(25)21-22-19(26)16-11-12-24(23-16)17-6-4-3-5-15(17)20/h3-12H,2H2,1H3,(H,21,25)(H,22,26). The molecule has 0 saturated carbocycles. The van der Waals surface area contributed by atoms with Crippen molar-refractivity contribution in [1.82, 2.24) is 20.6 Å². The molecule has 0 aliphatic rings. The number of amides is 2. The molecule has 3 aromatic rings. The van der Waals surface area contributed by atoms with Crippen molar-refractivity contribution >= 4 is 23.4 Å². The van der Waals surface area contributed by atoms with Crippen LogP contribution in [-0.2, 0) is 6.42 Å². The molecule has 0 bridgehead atoms. The molecule has 2 amide bonds. The van der Waals surface area contributed by atoms with E-state index < -0.39 is 11.8 Å². The Morgan fingerprint density at radius 1 is 1.00 bits per heavy atom. The molecule has 0 saturated heterocycles. The van der Waals surface area contributed by atoms with E-state index in [1.165, 1.54) is 4.68 Å². The van der Waals surface area contributed by atoms with Crippen LogP contribution in [0.1, 0.15) is 33.3 Å². The van der Waals surface area contributed by atoms with Gasteiger partial charge in [0.2, 0.25) is 0 Å². The summed E-state index contributed by atoms with van der Waals surface area (Å²) in [5.74, 6) is -0.916. The average molecular weight is 369 g/mol. The van der Waals surface area contributed by atoms with Crippen LogP contribution in [0, 0.1) is 0 Å². The van der Waals surface area contributed by atoms with E-state index in [1.807, 2.05) is 31.2 Å². The molecule has 0 spiro atoms. The molecule has 3 rings (SSSR count). The summed E-state index contributed by atoms with van der Waals surface area (Å²) in [7, 11) is 0. The molecule has 132 valence electrons. The maximum Gasteiger partial charge on any atom is 0.290 e. The maximum atomic E-state index is 12.2. The number of aryl methyl sites for hydroxylation is 1. The first-order chi connectivity index (χ1) is 12.6. The van der Waals surface area contributed by atoms with Crippen LogP contribution in [-0.4, -0.2) is 21.6 Å². The zero-order chi connectivity index (χ0) is 18.5. The Labute approximate surface area is 155 Å². The Balaban J connectivity index is 1.63. The number of hydrogen-bond donors (Lipinski definition) is 2. The molecule has 7 heteroatoms. The van der Waals surface area contributed by atoms with Gasteiger partial charge in [0.1, 0.15) is 0 Å². The van der Waals surface area contributed by atoms with Gasteiger partial charge in [-0.25, -0.2) is 4.68 Å². The number of carbonyl (C=O) groups is 2. The second kappa shape index (κ2) is 7.84. The van der Waals surface area contributed by atoms with Crippen LogP contribution in [0.15, 0.2) is 60.8 Å². The van der Waals surface area contributed by atoms with Crippen molar-refractivity contribution < 1.29 is 9.59 Å². The molecule has 26 heavy (non-hydrogen) atoms. The van der Waals surface area contributed by atoms with Gasteiger partial charge < -0.3 is 0 Å². The quantitative estimate of drug-likeness (QED) is 0.694. The number of nitrogens with one attached hydrogen (secondary N) is 2. The van der Waals surface area contributed by atoms with Gasteiger partial charge in [-0.05, 0) is 42.3 Å². The van der Waals surface area contributed by atoms with Crippen LogP contribution in [0.4, 0.5) is 0 Å². The molecule has 0 radical (unpaired) electrons. The highest BCUT2D eigenvalue weighted by Gasteiger charge is 2.13. The van der Waals surface area contributed by atoms with Gasteiger partial charge in [-0.15, -0.1) is 0 Å². The number of nitrogens with zero attached hydrogens (tertiary/aromatic N) is 2. The number of rotatable bonds is 4. The van der Waals surface area contributed by atoms with Gasteiger partial charge in [-0.2, -0.15) is 5.10 Å². The molecule has 0 aliphatic heterocycles. The van der Waals surface area contributed by atoms with Crippen molar-refractivity contribution in [3.63, 3.8) is 0 Å². The molecule has 0 aliphatic carbocycles. The topological polar surface area (TPSA) is 76.0 Å². The number of carbonyl (C=O) groups excluding carboxylic acids is 2. The van der Waals surface area contributed by atoms with Crippen LogP contribution in [0.25, 0.3) is 5.69 Å². The van der Waals surface area contributed by atoms with Crippen molar-refractivity contribution in [2.75, 3.05) is 0 Å². The number of hydrogen-bond acceptors (Lipinski definition) is 3. The van der Waals surface area contributed by atoms with Crippen molar-refractivity contribution in [2.24, 2.45) is 0 Å². The maximum absolute atomic E-state index is 12.2. The highest BCUT2D eigenvalue weighted by molar-refractivity contribution is 6.32. The van der Waals surface area contributed by atoms with Gasteiger partial charge in [0, 0.05) is 11.8 Å². The number of benzene rings is 2. The highest BCUT2D eigenvalue weighted by atomic mass is 35.5. The van der Waals surface area contributed by atoms with Gasteiger partial charge in [0.25, 0.3) is 11.8 Å². The molecule has 0 fully saturated rings. The van der Waals surface area contributed by atoms with Crippen LogP contribution < -0.4 is 10.9 Å². The van der Waals surface area contributed by atoms with Gasteiger partial charge >= 0.3 is 0 Å². The third-order valence-corrected chi connectivity index (χ3v) is 4.15. The van der Waals surface area contributed by atoms with Gasteiger partial charge in [-0.1, -0.05) is 42.8 Å². The molecule has 6 nitrogen and oxygen atoms in total. The predicted octanol–water partition coefficient (Wildman–Crippen LogP) is 3.16. The molecule has 2 N–H and O–H groups in total. The lowest BCUT2D eigenvalue weighted by Gasteiger charge is -2.07. The summed E-state index contributed by atoms with van der Waals surface area (Å²) in [4.78, 5) is 24.3. The number of para-hydroxylation sites is 1. The summed E-state index contributed by atoms with van der Waals surface area (Å²) in [5, 5.41) is 4.70.